The minimum absolute atomic E-state index is 0.0531. The average Bonchev–Trinajstić information content (AvgIpc) is 3.56. The van der Waals surface area contributed by atoms with E-state index in [4.69, 9.17) is 14.2 Å². The molecule has 4 aliphatic rings. The third kappa shape index (κ3) is 16.9. The van der Waals surface area contributed by atoms with Crippen LogP contribution in [0.25, 0.3) is 0 Å². The zero-order valence-corrected chi connectivity index (χ0v) is 46.4. The summed E-state index contributed by atoms with van der Waals surface area (Å²) < 4.78 is 17.1. The highest BCUT2D eigenvalue weighted by atomic mass is 16.6. The molecule has 3 amide bonds. The fourth-order valence-electron chi connectivity index (χ4n) is 13.1. The molecule has 0 aromatic rings. The Hall–Kier alpha value is -2.82. The van der Waals surface area contributed by atoms with E-state index >= 15 is 0 Å². The molecule has 0 spiro atoms. The van der Waals surface area contributed by atoms with E-state index in [0.717, 1.165) is 87.1 Å². The van der Waals surface area contributed by atoms with Crippen molar-refractivity contribution in [3.8, 4) is 0 Å². The van der Waals surface area contributed by atoms with Gasteiger partial charge in [-0.2, -0.15) is 0 Å². The minimum atomic E-state index is -0.620. The molecule has 68 heavy (non-hydrogen) atoms. The SMILES string of the molecule is CC[C@H](CC[C@@H](C)C1CCC2C3CC=C4CC(OC(=O)CCC(=O)N(CCCCNCCC(C)(C)NC(=O)OC(C)(C)C)CCC(C)(C)NC(=O)OC(C)(C)C)CCC4(C)C3CCC21C)C(C)C. The standard InChI is InChI=1S/C57H102N4O7/c1-17-41(39(2)3)21-20-40(4)45-24-25-46-44-23-22-42-38-43(28-30-56(42,15)47(44)29-31-57(45,46)16)66-49(63)27-26-48(62)61(37-33-55(13,14)60-51(65)68-53(8,9)10)36-19-18-34-58-35-32-54(11,12)59-50(64)67-52(5,6)7/h22,39-41,43-47,58H,17-21,23-38H2,1-16H3,(H,59,64)(H,60,65)/t40-,41-,43?,44?,45?,46?,47?,56?,57?/m1/s1. The van der Waals surface area contributed by atoms with Crippen molar-refractivity contribution in [2.24, 2.45) is 52.3 Å². The second-order valence-corrected chi connectivity index (χ2v) is 26.2. The third-order valence-corrected chi connectivity index (χ3v) is 17.1. The maximum atomic E-state index is 13.9. The molecule has 0 aliphatic heterocycles. The van der Waals surface area contributed by atoms with Gasteiger partial charge in [0.2, 0.25) is 5.91 Å². The first kappa shape index (κ1) is 57.8. The van der Waals surface area contributed by atoms with Gasteiger partial charge in [0.1, 0.15) is 17.3 Å². The summed E-state index contributed by atoms with van der Waals surface area (Å²) in [5.74, 6) is 5.16. The molecular formula is C57H102N4O7. The van der Waals surface area contributed by atoms with Crippen molar-refractivity contribution in [3.05, 3.63) is 11.6 Å². The summed E-state index contributed by atoms with van der Waals surface area (Å²) in [5.41, 5.74) is -0.0923. The number of rotatable bonds is 23. The molecule has 9 atom stereocenters. The van der Waals surface area contributed by atoms with Gasteiger partial charge in [0.25, 0.3) is 0 Å². The van der Waals surface area contributed by atoms with Crippen LogP contribution < -0.4 is 16.0 Å². The van der Waals surface area contributed by atoms with Gasteiger partial charge >= 0.3 is 18.2 Å². The summed E-state index contributed by atoms with van der Waals surface area (Å²) in [6, 6.07) is 0. The largest absolute Gasteiger partial charge is 0.462 e. The average molecular weight is 955 g/mol. The van der Waals surface area contributed by atoms with Crippen LogP contribution in [0.15, 0.2) is 11.6 Å². The highest BCUT2D eigenvalue weighted by Gasteiger charge is 2.59. The molecule has 0 saturated heterocycles. The minimum Gasteiger partial charge on any atom is -0.462 e. The van der Waals surface area contributed by atoms with Gasteiger partial charge in [0.15, 0.2) is 0 Å². The molecule has 0 aromatic heterocycles. The zero-order chi connectivity index (χ0) is 50.9. The van der Waals surface area contributed by atoms with Crippen LogP contribution in [0.1, 0.15) is 220 Å². The number of fused-ring (bicyclic) bond motifs is 5. The fraction of sp³-hybridized carbons (Fsp3) is 0.895. The van der Waals surface area contributed by atoms with E-state index in [1.165, 1.54) is 56.9 Å². The molecule has 7 unspecified atom stereocenters. The maximum absolute atomic E-state index is 13.9. The Morgan fingerprint density at radius 3 is 1.99 bits per heavy atom. The quantitative estimate of drug-likeness (QED) is 0.0399. The van der Waals surface area contributed by atoms with Gasteiger partial charge in [-0.15, -0.1) is 0 Å². The van der Waals surface area contributed by atoms with Crippen molar-refractivity contribution in [1.29, 1.82) is 0 Å². The predicted molar refractivity (Wildman–Crippen MR) is 276 cm³/mol. The monoisotopic (exact) mass is 955 g/mol. The van der Waals surface area contributed by atoms with E-state index in [1.54, 1.807) is 0 Å². The van der Waals surface area contributed by atoms with Crippen LogP contribution in [-0.4, -0.2) is 83.5 Å². The van der Waals surface area contributed by atoms with E-state index in [1.807, 2.05) is 74.1 Å². The second kappa shape index (κ2) is 24.1. The number of amides is 3. The fourth-order valence-corrected chi connectivity index (χ4v) is 13.1. The third-order valence-electron chi connectivity index (χ3n) is 17.1. The highest BCUT2D eigenvalue weighted by Crippen LogP contribution is 2.67. The summed E-state index contributed by atoms with van der Waals surface area (Å²) in [5, 5.41) is 9.41. The van der Waals surface area contributed by atoms with Crippen LogP contribution in [0.4, 0.5) is 9.59 Å². The van der Waals surface area contributed by atoms with Crippen molar-refractivity contribution in [2.75, 3.05) is 26.2 Å². The number of carbonyl (C=O) groups excluding carboxylic acids is 4. The Labute approximate surface area is 415 Å². The van der Waals surface area contributed by atoms with Gasteiger partial charge < -0.3 is 35.1 Å². The number of nitrogens with one attached hydrogen (secondary N) is 3. The van der Waals surface area contributed by atoms with Gasteiger partial charge in [0, 0.05) is 37.0 Å². The first-order valence-corrected chi connectivity index (χ1v) is 27.4. The van der Waals surface area contributed by atoms with E-state index in [-0.39, 0.29) is 36.2 Å². The number of allylic oxidation sites excluding steroid dienone is 1. The number of unbranched alkanes of at least 4 members (excludes halogenated alkanes) is 1. The molecule has 11 heteroatoms. The molecule has 3 N–H and O–H groups in total. The van der Waals surface area contributed by atoms with Gasteiger partial charge in [-0.1, -0.05) is 66.0 Å². The summed E-state index contributed by atoms with van der Waals surface area (Å²) in [4.78, 5) is 54.2. The summed E-state index contributed by atoms with van der Waals surface area (Å²) in [6.07, 6.45) is 17.9. The van der Waals surface area contributed by atoms with Crippen molar-refractivity contribution in [1.82, 2.24) is 20.9 Å². The molecule has 0 bridgehead atoms. The highest BCUT2D eigenvalue weighted by molar-refractivity contribution is 5.81. The summed E-state index contributed by atoms with van der Waals surface area (Å²) in [7, 11) is 0. The van der Waals surface area contributed by atoms with Gasteiger partial charge in [0.05, 0.1) is 6.42 Å². The molecule has 3 fully saturated rings. The Morgan fingerprint density at radius 1 is 0.750 bits per heavy atom. The van der Waals surface area contributed by atoms with E-state index in [0.29, 0.717) is 30.8 Å². The Morgan fingerprint density at radius 2 is 1.38 bits per heavy atom. The smallest absolute Gasteiger partial charge is 0.408 e. The Balaban J connectivity index is 1.28. The lowest BCUT2D eigenvalue weighted by atomic mass is 9.47. The number of alkyl carbamates (subject to hydrolysis) is 2. The summed E-state index contributed by atoms with van der Waals surface area (Å²) >= 11 is 0. The van der Waals surface area contributed by atoms with E-state index < -0.39 is 34.5 Å². The molecule has 0 aromatic carbocycles. The first-order valence-electron chi connectivity index (χ1n) is 27.4. The molecule has 392 valence electrons. The number of carbonyl (C=O) groups is 4. The maximum Gasteiger partial charge on any atom is 0.408 e. The molecular weight excluding hydrogens is 853 g/mol. The van der Waals surface area contributed by atoms with Gasteiger partial charge in [-0.25, -0.2) is 9.59 Å². The van der Waals surface area contributed by atoms with Crippen molar-refractivity contribution < 1.29 is 33.4 Å². The lowest BCUT2D eigenvalue weighted by Crippen LogP contribution is -2.51. The predicted octanol–water partition coefficient (Wildman–Crippen LogP) is 12.9. The van der Waals surface area contributed by atoms with Crippen molar-refractivity contribution in [3.63, 3.8) is 0 Å². The molecule has 11 nitrogen and oxygen atoms in total. The molecule has 4 aliphatic carbocycles. The van der Waals surface area contributed by atoms with Crippen molar-refractivity contribution in [2.45, 2.75) is 248 Å². The number of ether oxygens (including phenoxy) is 3. The van der Waals surface area contributed by atoms with Gasteiger partial charge in [-0.05, 0) is 212 Å². The normalized spacial score (nSPS) is 27.2. The van der Waals surface area contributed by atoms with Crippen molar-refractivity contribution >= 4 is 24.1 Å². The van der Waals surface area contributed by atoms with Crippen LogP contribution >= 0.6 is 0 Å². The molecule has 3 saturated carbocycles. The Bertz CT molecular complexity index is 1690. The van der Waals surface area contributed by atoms with E-state index in [9.17, 15) is 19.2 Å². The number of hydrogen-bond acceptors (Lipinski definition) is 8. The van der Waals surface area contributed by atoms with Crippen LogP contribution in [0.2, 0.25) is 0 Å². The number of nitrogens with zero attached hydrogens (tertiary/aromatic N) is 1. The van der Waals surface area contributed by atoms with Crippen LogP contribution in [-0.2, 0) is 23.8 Å². The molecule has 0 radical (unpaired) electrons. The van der Waals surface area contributed by atoms with Crippen LogP contribution in [0, 0.1) is 52.3 Å². The summed E-state index contributed by atoms with van der Waals surface area (Å²) in [6.45, 7) is 36.3. The lowest BCUT2D eigenvalue weighted by Gasteiger charge is -2.58. The number of hydrogen-bond donors (Lipinski definition) is 3. The first-order chi connectivity index (χ1) is 31.5. The Kier molecular flexibility index (Phi) is 20.4. The zero-order valence-electron chi connectivity index (χ0n) is 46.4. The van der Waals surface area contributed by atoms with Crippen LogP contribution in [0.3, 0.4) is 0 Å². The topological polar surface area (TPSA) is 135 Å². The van der Waals surface area contributed by atoms with Crippen LogP contribution in [0.5, 0.6) is 0 Å². The molecule has 4 rings (SSSR count). The lowest BCUT2D eigenvalue weighted by molar-refractivity contribution is -0.153. The molecule has 0 heterocycles. The second-order valence-electron chi connectivity index (χ2n) is 26.2. The number of esters is 1. The van der Waals surface area contributed by atoms with E-state index in [2.05, 4.69) is 63.6 Å². The van der Waals surface area contributed by atoms with Gasteiger partial charge in [-0.3, -0.25) is 9.59 Å².